The van der Waals surface area contributed by atoms with Gasteiger partial charge in [0.15, 0.2) is 0 Å². The van der Waals surface area contributed by atoms with Crippen molar-refractivity contribution in [3.05, 3.63) is 157 Å². The zero-order valence-electron chi connectivity index (χ0n) is 21.2. The molecule has 0 saturated carbocycles. The maximum atomic E-state index is 13.9. The molecule has 3 heteroatoms. The third-order valence-electron chi connectivity index (χ3n) is 7.25. The highest BCUT2D eigenvalue weighted by Gasteiger charge is 2.20. The van der Waals surface area contributed by atoms with Gasteiger partial charge >= 0.3 is 0 Å². The first-order valence-corrected chi connectivity index (χ1v) is 13.1. The molecular weight excluding hydrogens is 479 g/mol. The fraction of sp³-hybridized carbons (Fsp3) is 0. The number of fused-ring (bicyclic) bond motifs is 3. The summed E-state index contributed by atoms with van der Waals surface area (Å²) in [5, 5.41) is 2.31. The van der Waals surface area contributed by atoms with E-state index < -0.39 is 0 Å². The minimum Gasteiger partial charge on any atom is -0.310 e. The molecule has 186 valence electrons. The summed E-state index contributed by atoms with van der Waals surface area (Å²) in [5.74, 6) is -0.250. The van der Waals surface area contributed by atoms with Gasteiger partial charge in [0.2, 0.25) is 0 Å². The van der Waals surface area contributed by atoms with E-state index >= 15 is 0 Å². The molecule has 0 amide bonds. The van der Waals surface area contributed by atoms with Gasteiger partial charge in [0.25, 0.3) is 0 Å². The first-order valence-electron chi connectivity index (χ1n) is 13.1. The summed E-state index contributed by atoms with van der Waals surface area (Å²) >= 11 is 0. The van der Waals surface area contributed by atoms with E-state index in [4.69, 9.17) is 0 Å². The van der Waals surface area contributed by atoms with Gasteiger partial charge in [-0.1, -0.05) is 84.9 Å². The van der Waals surface area contributed by atoms with Gasteiger partial charge in [-0.25, -0.2) is 4.39 Å². The lowest BCUT2D eigenvalue weighted by Gasteiger charge is -2.26. The number of aromatic nitrogens is 1. The van der Waals surface area contributed by atoms with Crippen LogP contribution >= 0.6 is 0 Å². The van der Waals surface area contributed by atoms with Crippen molar-refractivity contribution < 1.29 is 4.39 Å². The largest absolute Gasteiger partial charge is 0.310 e. The van der Waals surface area contributed by atoms with E-state index in [1.165, 1.54) is 28.6 Å². The monoisotopic (exact) mass is 504 g/mol. The average molecular weight is 505 g/mol. The molecule has 0 atom stereocenters. The van der Waals surface area contributed by atoms with Crippen LogP contribution in [0.25, 0.3) is 38.6 Å². The van der Waals surface area contributed by atoms with Crippen molar-refractivity contribution in [1.29, 1.82) is 0 Å². The minimum atomic E-state index is -0.250. The molecule has 1 aromatic heterocycles. The van der Waals surface area contributed by atoms with Gasteiger partial charge in [-0.3, -0.25) is 0 Å². The van der Waals surface area contributed by atoms with Crippen LogP contribution in [-0.4, -0.2) is 4.57 Å². The molecule has 2 nitrogen and oxygen atoms in total. The second kappa shape index (κ2) is 9.62. The lowest BCUT2D eigenvalue weighted by molar-refractivity contribution is 0.628. The van der Waals surface area contributed by atoms with Crippen molar-refractivity contribution in [1.82, 2.24) is 4.57 Å². The summed E-state index contributed by atoms with van der Waals surface area (Å²) in [4.78, 5) is 2.21. The molecule has 0 aliphatic heterocycles. The van der Waals surface area contributed by atoms with E-state index in [1.807, 2.05) is 36.4 Å². The Morgan fingerprint density at radius 3 is 1.79 bits per heavy atom. The molecule has 0 radical (unpaired) electrons. The van der Waals surface area contributed by atoms with Gasteiger partial charge in [0.05, 0.1) is 16.7 Å². The Bertz CT molecular complexity index is 1890. The summed E-state index contributed by atoms with van der Waals surface area (Å²) in [6, 6.07) is 51.1. The van der Waals surface area contributed by atoms with Crippen LogP contribution in [0.1, 0.15) is 0 Å². The Morgan fingerprint density at radius 2 is 1.05 bits per heavy atom. The molecule has 0 fully saturated rings. The lowest BCUT2D eigenvalue weighted by Crippen LogP contribution is -2.10. The molecule has 0 aliphatic rings. The SMILES string of the molecule is Fc1ccc(N(c2ccccc2)c2cccc3c2c2ccccc2n3-c2ccc(-c3ccccc3)cc2)cc1. The van der Waals surface area contributed by atoms with Crippen LogP contribution in [0.2, 0.25) is 0 Å². The van der Waals surface area contributed by atoms with Crippen molar-refractivity contribution in [3.8, 4) is 16.8 Å². The number of anilines is 3. The molecule has 0 saturated heterocycles. The van der Waals surface area contributed by atoms with Crippen LogP contribution in [0.3, 0.4) is 0 Å². The van der Waals surface area contributed by atoms with E-state index in [0.29, 0.717) is 0 Å². The third kappa shape index (κ3) is 4.05. The molecule has 7 aromatic rings. The van der Waals surface area contributed by atoms with Gasteiger partial charge in [0.1, 0.15) is 5.82 Å². The van der Waals surface area contributed by atoms with E-state index in [1.54, 1.807) is 0 Å². The van der Waals surface area contributed by atoms with Gasteiger partial charge in [-0.15, -0.1) is 0 Å². The quantitative estimate of drug-likeness (QED) is 0.226. The number of hydrogen-bond donors (Lipinski definition) is 0. The summed E-state index contributed by atoms with van der Waals surface area (Å²) in [6.45, 7) is 0. The maximum absolute atomic E-state index is 13.9. The fourth-order valence-electron chi connectivity index (χ4n) is 5.49. The second-order valence-electron chi connectivity index (χ2n) is 9.58. The van der Waals surface area contributed by atoms with E-state index in [2.05, 4.69) is 113 Å². The standard InChI is InChI=1S/C36H25FN2/c37-28-20-24-30(25-21-28)38(29-12-5-2-6-13-29)34-16-9-17-35-36(34)32-14-7-8-15-33(32)39(35)31-22-18-27(19-23-31)26-10-3-1-4-11-26/h1-25H. The minimum absolute atomic E-state index is 0.250. The first-order chi connectivity index (χ1) is 19.3. The van der Waals surface area contributed by atoms with Gasteiger partial charge in [-0.05, 0) is 77.9 Å². The van der Waals surface area contributed by atoms with E-state index in [0.717, 1.165) is 39.2 Å². The fourth-order valence-corrected chi connectivity index (χ4v) is 5.49. The van der Waals surface area contributed by atoms with E-state index in [9.17, 15) is 4.39 Å². The Labute approximate surface area is 226 Å². The van der Waals surface area contributed by atoms with Crippen LogP contribution in [0.4, 0.5) is 21.5 Å². The van der Waals surface area contributed by atoms with Crippen LogP contribution in [0.15, 0.2) is 152 Å². The summed E-state index contributed by atoms with van der Waals surface area (Å²) in [5.41, 5.74) is 8.70. The van der Waals surface area contributed by atoms with Crippen LogP contribution in [-0.2, 0) is 0 Å². The molecule has 39 heavy (non-hydrogen) atoms. The molecule has 6 aromatic carbocycles. The Kier molecular flexibility index (Phi) is 5.68. The Hall–Kier alpha value is -5.15. The zero-order valence-corrected chi connectivity index (χ0v) is 21.2. The number of rotatable bonds is 5. The maximum Gasteiger partial charge on any atom is 0.123 e. The van der Waals surface area contributed by atoms with Crippen molar-refractivity contribution in [2.75, 3.05) is 4.90 Å². The highest BCUT2D eigenvalue weighted by molar-refractivity contribution is 6.16. The number of para-hydroxylation sites is 2. The van der Waals surface area contributed by atoms with Gasteiger partial charge < -0.3 is 9.47 Å². The Balaban J connectivity index is 1.47. The highest BCUT2D eigenvalue weighted by Crippen LogP contribution is 2.43. The molecule has 0 spiro atoms. The summed E-state index contributed by atoms with van der Waals surface area (Å²) in [6.07, 6.45) is 0. The highest BCUT2D eigenvalue weighted by atomic mass is 19.1. The normalized spacial score (nSPS) is 11.2. The predicted molar refractivity (Wildman–Crippen MR) is 161 cm³/mol. The third-order valence-corrected chi connectivity index (χ3v) is 7.25. The van der Waals surface area contributed by atoms with Gasteiger partial charge in [-0.2, -0.15) is 0 Å². The van der Waals surface area contributed by atoms with Crippen molar-refractivity contribution >= 4 is 38.9 Å². The first kappa shape index (κ1) is 23.0. The summed E-state index contributed by atoms with van der Waals surface area (Å²) in [7, 11) is 0. The summed E-state index contributed by atoms with van der Waals surface area (Å²) < 4.78 is 16.3. The average Bonchev–Trinajstić information content (AvgIpc) is 3.34. The molecule has 0 N–H and O–H groups in total. The van der Waals surface area contributed by atoms with Crippen LogP contribution < -0.4 is 4.90 Å². The zero-order chi connectivity index (χ0) is 26.2. The van der Waals surface area contributed by atoms with E-state index in [-0.39, 0.29) is 5.82 Å². The number of hydrogen-bond acceptors (Lipinski definition) is 1. The number of nitrogens with zero attached hydrogens (tertiary/aromatic N) is 2. The topological polar surface area (TPSA) is 8.17 Å². The van der Waals surface area contributed by atoms with Crippen LogP contribution in [0.5, 0.6) is 0 Å². The molecule has 0 unspecified atom stereocenters. The van der Waals surface area contributed by atoms with Crippen molar-refractivity contribution in [3.63, 3.8) is 0 Å². The number of benzene rings is 6. The molecule has 0 aliphatic carbocycles. The van der Waals surface area contributed by atoms with Gasteiger partial charge in [0, 0.05) is 27.8 Å². The van der Waals surface area contributed by atoms with Crippen LogP contribution in [0, 0.1) is 5.82 Å². The number of halogens is 1. The molecule has 0 bridgehead atoms. The molecule has 7 rings (SSSR count). The lowest BCUT2D eigenvalue weighted by atomic mass is 10.1. The second-order valence-corrected chi connectivity index (χ2v) is 9.58. The Morgan fingerprint density at radius 1 is 0.462 bits per heavy atom. The molecule has 1 heterocycles. The predicted octanol–water partition coefficient (Wildman–Crippen LogP) is 10.1. The smallest absolute Gasteiger partial charge is 0.123 e. The van der Waals surface area contributed by atoms with Crippen molar-refractivity contribution in [2.45, 2.75) is 0 Å². The molecular formula is C36H25FN2. The van der Waals surface area contributed by atoms with Crippen molar-refractivity contribution in [2.24, 2.45) is 0 Å².